The topological polar surface area (TPSA) is 78.4 Å². The Balaban J connectivity index is 1.49. The quantitative estimate of drug-likeness (QED) is 0.334. The maximum absolute atomic E-state index is 12.3. The van der Waals surface area contributed by atoms with Crippen LogP contribution in [0.25, 0.3) is 0 Å². The van der Waals surface area contributed by atoms with Crippen molar-refractivity contribution in [2.75, 3.05) is 6.54 Å². The fourth-order valence-corrected chi connectivity index (χ4v) is 6.46. The second kappa shape index (κ2) is 4.12. The zero-order valence-electron chi connectivity index (χ0n) is 10.4. The molecule has 3 aliphatic heterocycles. The zero-order valence-corrected chi connectivity index (χ0v) is 12.9. The largest absolute Gasteiger partial charge is 0.480 e. The Morgan fingerprint density at radius 2 is 2.25 bits per heavy atom. The van der Waals surface area contributed by atoms with Gasteiger partial charge in [-0.25, -0.2) is 0 Å². The van der Waals surface area contributed by atoms with Crippen molar-refractivity contribution in [3.63, 3.8) is 0 Å². The summed E-state index contributed by atoms with van der Waals surface area (Å²) in [6, 6.07) is -0.206. The van der Waals surface area contributed by atoms with Crippen LogP contribution in [0, 0.1) is 0 Å². The van der Waals surface area contributed by atoms with Crippen LogP contribution in [0.5, 0.6) is 0 Å². The smallest absolute Gasteiger partial charge is 0.325 e. The molecule has 3 N–H and O–H groups in total. The van der Waals surface area contributed by atoms with E-state index in [1.807, 2.05) is 6.08 Å². The van der Waals surface area contributed by atoms with Gasteiger partial charge in [0.2, 0.25) is 5.91 Å². The van der Waals surface area contributed by atoms with Crippen molar-refractivity contribution in [2.24, 2.45) is 0 Å². The maximum atomic E-state index is 12.3. The van der Waals surface area contributed by atoms with Gasteiger partial charge in [0.15, 0.2) is 0 Å². The summed E-state index contributed by atoms with van der Waals surface area (Å²) < 4.78 is -0.817. The lowest BCUT2D eigenvalue weighted by molar-refractivity contribution is -0.138. The number of thioether (sulfide) groups is 2. The number of fused-ring (bicyclic) bond motifs is 3. The number of aliphatic carboxylic acids is 1. The fourth-order valence-electron chi connectivity index (χ4n) is 3.09. The molecule has 0 radical (unpaired) electrons. The molecule has 6 atom stereocenters. The van der Waals surface area contributed by atoms with Crippen LogP contribution >= 0.6 is 36.2 Å². The molecule has 4 aliphatic rings. The third-order valence-electron chi connectivity index (χ3n) is 4.32. The molecule has 3 saturated heterocycles. The zero-order chi connectivity index (χ0) is 14.1. The number of carbonyl (C=O) groups is 2. The Kier molecular flexibility index (Phi) is 2.75. The minimum absolute atomic E-state index is 0.0290. The van der Waals surface area contributed by atoms with Gasteiger partial charge in [0, 0.05) is 11.8 Å². The maximum Gasteiger partial charge on any atom is 0.325 e. The second-order valence-corrected chi connectivity index (χ2v) is 9.16. The van der Waals surface area contributed by atoms with Crippen molar-refractivity contribution in [1.29, 1.82) is 0 Å². The molecule has 5 nitrogen and oxygen atoms in total. The van der Waals surface area contributed by atoms with Crippen LogP contribution in [0.4, 0.5) is 0 Å². The molecular weight excluding hydrogens is 316 g/mol. The molecule has 1 aliphatic carbocycles. The van der Waals surface area contributed by atoms with Gasteiger partial charge in [-0.15, -0.1) is 23.5 Å². The Hall–Kier alpha value is -0.310. The Labute approximate surface area is 130 Å². The standard InChI is InChI=1S/C12H14N2O3S3/c15-8(6-3-5(18)4-13-6)14-12-7(19-12)1-2-11(10(16)17)9(12)20-11/h1-2,5-7,9,13,18H,3-4H2,(H,14,15)(H,16,17)/t5?,6?,7-,9+,11?,12?/m1/s1. The molecule has 20 heavy (non-hydrogen) atoms. The van der Waals surface area contributed by atoms with Gasteiger partial charge in [0.25, 0.3) is 0 Å². The van der Waals surface area contributed by atoms with E-state index < -0.39 is 15.6 Å². The third-order valence-corrected chi connectivity index (χ3v) is 8.03. The molecule has 0 spiro atoms. The van der Waals surface area contributed by atoms with Crippen molar-refractivity contribution in [3.8, 4) is 0 Å². The van der Waals surface area contributed by atoms with Gasteiger partial charge < -0.3 is 15.7 Å². The number of rotatable bonds is 3. The first-order valence-corrected chi connectivity index (χ1v) is 8.77. The van der Waals surface area contributed by atoms with Gasteiger partial charge in [-0.2, -0.15) is 12.6 Å². The van der Waals surface area contributed by atoms with Gasteiger partial charge in [-0.05, 0) is 6.42 Å². The van der Waals surface area contributed by atoms with Crippen LogP contribution in [0.3, 0.4) is 0 Å². The van der Waals surface area contributed by atoms with E-state index in [0.717, 1.165) is 13.0 Å². The summed E-state index contributed by atoms with van der Waals surface area (Å²) in [7, 11) is 0. The van der Waals surface area contributed by atoms with Crippen LogP contribution in [0.15, 0.2) is 12.2 Å². The first-order valence-electron chi connectivity index (χ1n) is 6.50. The number of nitrogens with one attached hydrogen (secondary N) is 2. The highest BCUT2D eigenvalue weighted by Gasteiger charge is 2.79. The third kappa shape index (κ3) is 1.71. The number of hydrogen-bond donors (Lipinski definition) is 4. The molecule has 3 fully saturated rings. The predicted octanol–water partition coefficient (Wildman–Crippen LogP) is 0.0832. The van der Waals surface area contributed by atoms with Crippen molar-refractivity contribution in [1.82, 2.24) is 10.6 Å². The van der Waals surface area contributed by atoms with E-state index in [1.165, 1.54) is 11.8 Å². The molecule has 3 heterocycles. The Morgan fingerprint density at radius 1 is 1.45 bits per heavy atom. The van der Waals surface area contributed by atoms with E-state index in [9.17, 15) is 14.7 Å². The Bertz CT molecular complexity index is 542. The summed E-state index contributed by atoms with van der Waals surface area (Å²) in [5.74, 6) is -0.837. The summed E-state index contributed by atoms with van der Waals surface area (Å²) in [5.41, 5.74) is 0. The lowest BCUT2D eigenvalue weighted by Crippen LogP contribution is -2.52. The average molecular weight is 330 g/mol. The van der Waals surface area contributed by atoms with Crippen LogP contribution < -0.4 is 10.6 Å². The summed E-state index contributed by atoms with van der Waals surface area (Å²) in [4.78, 5) is 23.3. The van der Waals surface area contributed by atoms with Crippen LogP contribution in [-0.2, 0) is 9.59 Å². The highest BCUT2D eigenvalue weighted by molar-refractivity contribution is 8.14. The molecule has 0 aromatic rings. The minimum Gasteiger partial charge on any atom is -0.480 e. The van der Waals surface area contributed by atoms with Crippen LogP contribution in [-0.4, -0.2) is 54.9 Å². The van der Waals surface area contributed by atoms with Gasteiger partial charge in [-0.1, -0.05) is 12.2 Å². The molecule has 0 aromatic heterocycles. The first kappa shape index (κ1) is 13.4. The number of amides is 1. The lowest BCUT2D eigenvalue weighted by Gasteiger charge is -2.22. The Morgan fingerprint density at radius 3 is 2.90 bits per heavy atom. The van der Waals surface area contributed by atoms with Gasteiger partial charge in [0.1, 0.15) is 9.62 Å². The van der Waals surface area contributed by atoms with E-state index >= 15 is 0 Å². The van der Waals surface area contributed by atoms with Gasteiger partial charge in [-0.3, -0.25) is 9.59 Å². The van der Waals surface area contributed by atoms with Crippen LogP contribution in [0.1, 0.15) is 6.42 Å². The SMILES string of the molecule is O=C(NC12S[C@@H]1C=CC1(C(=O)O)S[C@@H]12)C1CC(S)CN1. The predicted molar refractivity (Wildman–Crippen MR) is 82.3 cm³/mol. The van der Waals surface area contributed by atoms with E-state index in [2.05, 4.69) is 23.3 Å². The summed E-state index contributed by atoms with van der Waals surface area (Å²) >= 11 is 7.45. The summed E-state index contributed by atoms with van der Waals surface area (Å²) in [5, 5.41) is 16.0. The normalized spacial score (nSPS) is 51.0. The molecule has 108 valence electrons. The summed E-state index contributed by atoms with van der Waals surface area (Å²) in [6.07, 6.45) is 4.44. The second-order valence-electron chi connectivity index (χ2n) is 5.63. The number of carboxylic acid groups (broad SMARTS) is 1. The monoisotopic (exact) mass is 330 g/mol. The van der Waals surface area contributed by atoms with Crippen molar-refractivity contribution >= 4 is 48.0 Å². The molecule has 1 amide bonds. The van der Waals surface area contributed by atoms with E-state index in [0.29, 0.717) is 0 Å². The number of carbonyl (C=O) groups excluding carboxylic acids is 1. The summed E-state index contributed by atoms with van der Waals surface area (Å²) in [6.45, 7) is 0.738. The van der Waals surface area contributed by atoms with Crippen molar-refractivity contribution in [2.45, 2.75) is 37.8 Å². The minimum atomic E-state index is -0.817. The molecule has 4 rings (SSSR count). The fraction of sp³-hybridized carbons (Fsp3) is 0.667. The van der Waals surface area contributed by atoms with Crippen molar-refractivity contribution < 1.29 is 14.7 Å². The molecule has 8 heteroatoms. The lowest BCUT2D eigenvalue weighted by atomic mass is 9.91. The molecule has 4 unspecified atom stereocenters. The molecular formula is C12H14N2O3S3. The van der Waals surface area contributed by atoms with Gasteiger partial charge >= 0.3 is 5.97 Å². The van der Waals surface area contributed by atoms with E-state index in [4.69, 9.17) is 0 Å². The van der Waals surface area contributed by atoms with E-state index in [1.54, 1.807) is 17.8 Å². The molecule has 0 bridgehead atoms. The highest BCUT2D eigenvalue weighted by atomic mass is 32.2. The van der Waals surface area contributed by atoms with Gasteiger partial charge in [0.05, 0.1) is 16.5 Å². The first-order chi connectivity index (χ1) is 9.48. The number of carboxylic acids is 1. The molecule has 0 aromatic carbocycles. The average Bonchev–Trinajstić information content (AvgIpc) is 3.24. The van der Waals surface area contributed by atoms with E-state index in [-0.39, 0.29) is 27.7 Å². The highest BCUT2D eigenvalue weighted by Crippen LogP contribution is 2.74. The molecule has 0 saturated carbocycles. The number of hydrogen-bond acceptors (Lipinski definition) is 6. The number of thiol groups is 1. The van der Waals surface area contributed by atoms with Crippen LogP contribution in [0.2, 0.25) is 0 Å². The van der Waals surface area contributed by atoms with Crippen molar-refractivity contribution in [3.05, 3.63) is 12.2 Å².